The standard InChI is InChI=1S/C17H16F4N4O/c18-10-3-1-9(2-4-10)12-7-13(17(19,20)21)25(8-14(22)23)15(12)16(26)24-11-5-6-11/h1-4,7,11H,5-6,8H2,(H3,22,23)(H,24,26). The summed E-state index contributed by atoms with van der Waals surface area (Å²) in [7, 11) is 0. The Morgan fingerprint density at radius 3 is 2.38 bits per heavy atom. The summed E-state index contributed by atoms with van der Waals surface area (Å²) in [6, 6.07) is 5.57. The third kappa shape index (κ3) is 3.71. The van der Waals surface area contributed by atoms with Crippen LogP contribution in [0.3, 0.4) is 0 Å². The highest BCUT2D eigenvalue weighted by Crippen LogP contribution is 2.37. The van der Waals surface area contributed by atoms with Crippen LogP contribution >= 0.6 is 0 Å². The summed E-state index contributed by atoms with van der Waals surface area (Å²) in [5.74, 6) is -1.74. The van der Waals surface area contributed by atoms with Gasteiger partial charge in [-0.25, -0.2) is 4.39 Å². The van der Waals surface area contributed by atoms with Crippen LogP contribution in [0.25, 0.3) is 11.1 Å². The maximum atomic E-state index is 13.5. The first kappa shape index (κ1) is 18.0. The van der Waals surface area contributed by atoms with Crippen molar-refractivity contribution < 1.29 is 22.4 Å². The first-order valence-corrected chi connectivity index (χ1v) is 7.87. The van der Waals surface area contributed by atoms with E-state index in [0.717, 1.165) is 31.0 Å². The smallest absolute Gasteiger partial charge is 0.386 e. The fraction of sp³-hybridized carbons (Fsp3) is 0.294. The van der Waals surface area contributed by atoms with E-state index in [4.69, 9.17) is 11.1 Å². The van der Waals surface area contributed by atoms with Crippen molar-refractivity contribution in [1.29, 1.82) is 5.41 Å². The molecule has 1 aliphatic rings. The van der Waals surface area contributed by atoms with Gasteiger partial charge in [-0.3, -0.25) is 10.2 Å². The van der Waals surface area contributed by atoms with Gasteiger partial charge in [0, 0.05) is 11.6 Å². The second-order valence-electron chi connectivity index (χ2n) is 6.16. The number of nitrogens with two attached hydrogens (primary N) is 1. The van der Waals surface area contributed by atoms with E-state index in [-0.39, 0.29) is 22.9 Å². The molecule has 5 nitrogen and oxygen atoms in total. The summed E-state index contributed by atoms with van der Waals surface area (Å²) in [4.78, 5) is 12.6. The van der Waals surface area contributed by atoms with E-state index in [1.165, 1.54) is 12.1 Å². The first-order valence-electron chi connectivity index (χ1n) is 7.87. The molecule has 138 valence electrons. The average Bonchev–Trinajstić information content (AvgIpc) is 3.25. The molecular weight excluding hydrogens is 352 g/mol. The number of carbonyl (C=O) groups is 1. The van der Waals surface area contributed by atoms with Gasteiger partial charge in [0.1, 0.15) is 23.0 Å². The number of carbonyl (C=O) groups excluding carboxylic acids is 1. The van der Waals surface area contributed by atoms with E-state index in [1.54, 1.807) is 0 Å². The van der Waals surface area contributed by atoms with Gasteiger partial charge in [-0.15, -0.1) is 0 Å². The maximum absolute atomic E-state index is 13.5. The van der Waals surface area contributed by atoms with Crippen molar-refractivity contribution in [3.8, 4) is 11.1 Å². The highest BCUT2D eigenvalue weighted by Gasteiger charge is 2.39. The van der Waals surface area contributed by atoms with Gasteiger partial charge in [0.2, 0.25) is 0 Å². The zero-order valence-corrected chi connectivity index (χ0v) is 13.5. The number of halogens is 4. The number of benzene rings is 1. The lowest BCUT2D eigenvalue weighted by Crippen LogP contribution is -2.31. The zero-order chi connectivity index (χ0) is 19.1. The van der Waals surface area contributed by atoms with Crippen LogP contribution in [0.15, 0.2) is 30.3 Å². The number of hydrogen-bond acceptors (Lipinski definition) is 2. The number of nitrogens with zero attached hydrogens (tertiary/aromatic N) is 1. The van der Waals surface area contributed by atoms with Crippen molar-refractivity contribution in [2.24, 2.45) is 5.73 Å². The molecule has 1 saturated carbocycles. The van der Waals surface area contributed by atoms with Crippen LogP contribution in [0, 0.1) is 11.2 Å². The van der Waals surface area contributed by atoms with Gasteiger partial charge in [0.25, 0.3) is 5.91 Å². The number of hydrogen-bond donors (Lipinski definition) is 3. The predicted molar refractivity (Wildman–Crippen MR) is 87.2 cm³/mol. The van der Waals surface area contributed by atoms with Crippen molar-refractivity contribution in [1.82, 2.24) is 9.88 Å². The second-order valence-corrected chi connectivity index (χ2v) is 6.16. The number of alkyl halides is 3. The highest BCUT2D eigenvalue weighted by atomic mass is 19.4. The lowest BCUT2D eigenvalue weighted by Gasteiger charge is -2.15. The van der Waals surface area contributed by atoms with Gasteiger partial charge < -0.3 is 15.6 Å². The summed E-state index contributed by atoms with van der Waals surface area (Å²) >= 11 is 0. The number of rotatable bonds is 5. The van der Waals surface area contributed by atoms with Crippen molar-refractivity contribution in [2.75, 3.05) is 0 Å². The van der Waals surface area contributed by atoms with Crippen LogP contribution in [-0.4, -0.2) is 22.4 Å². The van der Waals surface area contributed by atoms with Gasteiger partial charge in [0.05, 0.1) is 6.54 Å². The monoisotopic (exact) mass is 368 g/mol. The van der Waals surface area contributed by atoms with Crippen LogP contribution in [0.2, 0.25) is 0 Å². The molecular formula is C17H16F4N4O. The Labute approximate surface area is 146 Å². The first-order chi connectivity index (χ1) is 12.2. The third-order valence-electron chi connectivity index (χ3n) is 4.00. The molecule has 0 aliphatic heterocycles. The molecule has 0 saturated heterocycles. The van der Waals surface area contributed by atoms with Crippen LogP contribution in [-0.2, 0) is 12.7 Å². The Hall–Kier alpha value is -2.84. The largest absolute Gasteiger partial charge is 0.431 e. The van der Waals surface area contributed by atoms with E-state index in [0.29, 0.717) is 4.57 Å². The normalized spacial score (nSPS) is 14.3. The fourth-order valence-corrected chi connectivity index (χ4v) is 2.69. The Balaban J connectivity index is 2.20. The Kier molecular flexibility index (Phi) is 4.47. The van der Waals surface area contributed by atoms with Crippen LogP contribution < -0.4 is 11.1 Å². The van der Waals surface area contributed by atoms with E-state index < -0.39 is 36.0 Å². The summed E-state index contributed by atoms with van der Waals surface area (Å²) in [6.45, 7) is -0.580. The zero-order valence-electron chi connectivity index (χ0n) is 13.5. The summed E-state index contributed by atoms with van der Waals surface area (Å²) in [5.41, 5.74) is 4.24. The van der Waals surface area contributed by atoms with Crippen molar-refractivity contribution in [3.63, 3.8) is 0 Å². The molecule has 0 unspecified atom stereocenters. The molecule has 0 atom stereocenters. The number of nitrogens with one attached hydrogen (secondary N) is 2. The minimum Gasteiger partial charge on any atom is -0.386 e. The third-order valence-corrected chi connectivity index (χ3v) is 4.00. The minimum absolute atomic E-state index is 0.0109. The SMILES string of the molecule is N=C(N)Cn1c(C(F)(F)F)cc(-c2ccc(F)cc2)c1C(=O)NC1CC1. The Bertz CT molecular complexity index is 851. The molecule has 9 heteroatoms. The highest BCUT2D eigenvalue weighted by molar-refractivity contribution is 6.00. The van der Waals surface area contributed by atoms with Crippen molar-refractivity contribution in [3.05, 3.63) is 47.5 Å². The van der Waals surface area contributed by atoms with Crippen LogP contribution in [0.5, 0.6) is 0 Å². The topological polar surface area (TPSA) is 83.9 Å². The fourth-order valence-electron chi connectivity index (χ4n) is 2.69. The molecule has 1 fully saturated rings. The number of amidine groups is 1. The van der Waals surface area contributed by atoms with Crippen LogP contribution in [0.1, 0.15) is 29.0 Å². The average molecular weight is 368 g/mol. The Morgan fingerprint density at radius 1 is 1.27 bits per heavy atom. The van der Waals surface area contributed by atoms with Gasteiger partial charge in [-0.2, -0.15) is 13.2 Å². The molecule has 1 aromatic carbocycles. The van der Waals surface area contributed by atoms with Crippen molar-refractivity contribution >= 4 is 11.7 Å². The molecule has 0 spiro atoms. The lowest BCUT2D eigenvalue weighted by atomic mass is 10.1. The lowest BCUT2D eigenvalue weighted by molar-refractivity contribution is -0.143. The minimum atomic E-state index is -4.75. The van der Waals surface area contributed by atoms with Crippen molar-refractivity contribution in [2.45, 2.75) is 31.6 Å². The van der Waals surface area contributed by atoms with Gasteiger partial charge >= 0.3 is 6.18 Å². The summed E-state index contributed by atoms with van der Waals surface area (Å²) in [6.07, 6.45) is -3.23. The molecule has 0 radical (unpaired) electrons. The quantitative estimate of drug-likeness (QED) is 0.430. The van der Waals surface area contributed by atoms with Crippen LogP contribution in [0.4, 0.5) is 17.6 Å². The maximum Gasteiger partial charge on any atom is 0.431 e. The molecule has 3 rings (SSSR count). The predicted octanol–water partition coefficient (Wildman–Crippen LogP) is 3.14. The molecule has 2 aromatic rings. The second kappa shape index (κ2) is 6.47. The van der Waals surface area contributed by atoms with Gasteiger partial charge in [-0.1, -0.05) is 12.1 Å². The van der Waals surface area contributed by atoms with Gasteiger partial charge in [0.15, 0.2) is 0 Å². The van der Waals surface area contributed by atoms with E-state index >= 15 is 0 Å². The summed E-state index contributed by atoms with van der Waals surface area (Å²) in [5, 5.41) is 10.0. The molecule has 1 aliphatic carbocycles. The number of aromatic nitrogens is 1. The summed E-state index contributed by atoms with van der Waals surface area (Å²) < 4.78 is 54.3. The molecule has 4 N–H and O–H groups in total. The van der Waals surface area contributed by atoms with Gasteiger partial charge in [-0.05, 0) is 36.6 Å². The molecule has 0 bridgehead atoms. The Morgan fingerprint density at radius 2 is 1.88 bits per heavy atom. The molecule has 1 heterocycles. The van der Waals surface area contributed by atoms with E-state index in [2.05, 4.69) is 5.32 Å². The molecule has 1 amide bonds. The molecule has 1 aromatic heterocycles. The number of amides is 1. The molecule has 26 heavy (non-hydrogen) atoms. The van der Waals surface area contributed by atoms with E-state index in [9.17, 15) is 22.4 Å². The van der Waals surface area contributed by atoms with E-state index in [1.807, 2.05) is 0 Å².